The van der Waals surface area contributed by atoms with Gasteiger partial charge in [-0.1, -0.05) is 36.4 Å². The number of aliphatic hydroxyl groups is 2. The van der Waals surface area contributed by atoms with Crippen LogP contribution in [0.4, 0.5) is 4.39 Å². The van der Waals surface area contributed by atoms with Crippen LogP contribution in [0, 0.1) is 5.82 Å². The summed E-state index contributed by atoms with van der Waals surface area (Å²) >= 11 is 0. The number of hydrogen-bond acceptors (Lipinski definition) is 2. The first-order chi connectivity index (χ1) is 10.2. The van der Waals surface area contributed by atoms with Crippen molar-refractivity contribution in [2.75, 3.05) is 13.2 Å². The van der Waals surface area contributed by atoms with Crippen LogP contribution in [0.3, 0.4) is 0 Å². The van der Waals surface area contributed by atoms with Gasteiger partial charge in [0.2, 0.25) is 0 Å². The van der Waals surface area contributed by atoms with Crippen LogP contribution < -0.4 is 0 Å². The predicted octanol–water partition coefficient (Wildman–Crippen LogP) is 3.34. The fourth-order valence-corrected chi connectivity index (χ4v) is 2.35. The molecule has 0 saturated heterocycles. The van der Waals surface area contributed by atoms with Gasteiger partial charge in [-0.15, -0.1) is 0 Å². The van der Waals surface area contributed by atoms with Gasteiger partial charge in [0.15, 0.2) is 0 Å². The molecular weight excluding hydrogens is 267 g/mol. The van der Waals surface area contributed by atoms with Crippen LogP contribution in [-0.4, -0.2) is 23.4 Å². The fraction of sp³-hybridized carbons (Fsp3) is 0.333. The monoisotopic (exact) mass is 288 g/mol. The Balaban J connectivity index is 2.12. The largest absolute Gasteiger partial charge is 0.396 e. The number of aliphatic hydroxyl groups excluding tert-OH is 2. The third-order valence-electron chi connectivity index (χ3n) is 3.57. The van der Waals surface area contributed by atoms with Crippen molar-refractivity contribution in [1.29, 1.82) is 0 Å². The highest BCUT2D eigenvalue weighted by Gasteiger charge is 2.05. The maximum absolute atomic E-state index is 14.0. The van der Waals surface area contributed by atoms with E-state index < -0.39 is 0 Å². The maximum Gasteiger partial charge on any atom is 0.127 e. The summed E-state index contributed by atoms with van der Waals surface area (Å²) in [4.78, 5) is 0. The van der Waals surface area contributed by atoms with Crippen LogP contribution in [0.5, 0.6) is 0 Å². The van der Waals surface area contributed by atoms with Crippen molar-refractivity contribution in [2.45, 2.75) is 25.7 Å². The van der Waals surface area contributed by atoms with Crippen molar-refractivity contribution in [2.24, 2.45) is 0 Å². The molecule has 0 unspecified atom stereocenters. The molecule has 2 rings (SSSR count). The first-order valence-corrected chi connectivity index (χ1v) is 7.34. The molecule has 0 heterocycles. The molecule has 0 saturated carbocycles. The summed E-state index contributed by atoms with van der Waals surface area (Å²) < 4.78 is 14.0. The minimum atomic E-state index is -0.217. The number of aryl methyl sites for hydroxylation is 2. The van der Waals surface area contributed by atoms with Gasteiger partial charge in [-0.05, 0) is 54.0 Å². The zero-order valence-corrected chi connectivity index (χ0v) is 12.1. The Labute approximate surface area is 124 Å². The quantitative estimate of drug-likeness (QED) is 0.820. The van der Waals surface area contributed by atoms with Crippen LogP contribution in [0.2, 0.25) is 0 Å². The Morgan fingerprint density at radius 1 is 0.762 bits per heavy atom. The number of rotatable bonds is 7. The lowest BCUT2D eigenvalue weighted by Gasteiger charge is -2.07. The van der Waals surface area contributed by atoms with Gasteiger partial charge in [-0.25, -0.2) is 4.39 Å². The van der Waals surface area contributed by atoms with Crippen LogP contribution >= 0.6 is 0 Å². The van der Waals surface area contributed by atoms with Crippen LogP contribution in [0.1, 0.15) is 24.0 Å². The Morgan fingerprint density at radius 2 is 1.38 bits per heavy atom. The summed E-state index contributed by atoms with van der Waals surface area (Å²) in [5.74, 6) is -0.217. The molecule has 0 radical (unpaired) electrons. The van der Waals surface area contributed by atoms with Crippen molar-refractivity contribution < 1.29 is 14.6 Å². The molecule has 112 valence electrons. The van der Waals surface area contributed by atoms with Gasteiger partial charge in [0, 0.05) is 13.2 Å². The van der Waals surface area contributed by atoms with E-state index in [-0.39, 0.29) is 19.0 Å². The molecule has 0 aromatic heterocycles. The molecule has 0 amide bonds. The molecule has 0 spiro atoms. The third kappa shape index (κ3) is 4.38. The van der Waals surface area contributed by atoms with E-state index in [1.807, 2.05) is 30.3 Å². The van der Waals surface area contributed by atoms with Gasteiger partial charge in [-0.3, -0.25) is 0 Å². The van der Waals surface area contributed by atoms with Crippen LogP contribution in [0.15, 0.2) is 42.5 Å². The van der Waals surface area contributed by atoms with Crippen molar-refractivity contribution >= 4 is 0 Å². The standard InChI is InChI=1S/C18H21FO2/c19-18-13-17(10-9-16(18)4-2-12-21)15-7-5-14(6-8-15)3-1-11-20/h5-10,13,20-21H,1-4,11-12H2. The van der Waals surface area contributed by atoms with Gasteiger partial charge in [-0.2, -0.15) is 0 Å². The smallest absolute Gasteiger partial charge is 0.127 e. The van der Waals surface area contributed by atoms with E-state index in [1.165, 1.54) is 5.56 Å². The SMILES string of the molecule is OCCCc1ccc(-c2ccc(CCCO)c(F)c2)cc1. The van der Waals surface area contributed by atoms with Gasteiger partial charge >= 0.3 is 0 Å². The van der Waals surface area contributed by atoms with Crippen molar-refractivity contribution in [3.8, 4) is 11.1 Å². The lowest BCUT2D eigenvalue weighted by atomic mass is 9.99. The maximum atomic E-state index is 14.0. The van der Waals surface area contributed by atoms with Gasteiger partial charge in [0.1, 0.15) is 5.82 Å². The Morgan fingerprint density at radius 3 is 2.00 bits per heavy atom. The molecule has 2 N–H and O–H groups in total. The summed E-state index contributed by atoms with van der Waals surface area (Å²) in [5, 5.41) is 17.6. The summed E-state index contributed by atoms with van der Waals surface area (Å²) in [6, 6.07) is 13.3. The highest BCUT2D eigenvalue weighted by molar-refractivity contribution is 5.64. The average molecular weight is 288 g/mol. The minimum absolute atomic E-state index is 0.0799. The Bertz CT molecular complexity index is 564. The second-order valence-electron chi connectivity index (χ2n) is 5.16. The first-order valence-electron chi connectivity index (χ1n) is 7.34. The molecular formula is C18H21FO2. The Hall–Kier alpha value is -1.71. The average Bonchev–Trinajstić information content (AvgIpc) is 2.52. The normalized spacial score (nSPS) is 10.8. The van der Waals surface area contributed by atoms with E-state index in [1.54, 1.807) is 12.1 Å². The summed E-state index contributed by atoms with van der Waals surface area (Å²) in [6.07, 6.45) is 2.75. The molecule has 2 aromatic rings. The van der Waals surface area contributed by atoms with Crippen LogP contribution in [0.25, 0.3) is 11.1 Å². The molecule has 2 nitrogen and oxygen atoms in total. The van der Waals surface area contributed by atoms with Crippen molar-refractivity contribution in [3.05, 3.63) is 59.4 Å². The number of halogens is 1. The molecule has 0 aliphatic heterocycles. The third-order valence-corrected chi connectivity index (χ3v) is 3.57. The lowest BCUT2D eigenvalue weighted by molar-refractivity contribution is 0.288. The molecule has 2 aromatic carbocycles. The molecule has 0 atom stereocenters. The molecule has 21 heavy (non-hydrogen) atoms. The Kier molecular flexibility index (Phi) is 5.90. The number of hydrogen-bond donors (Lipinski definition) is 2. The first kappa shape index (κ1) is 15.7. The topological polar surface area (TPSA) is 40.5 Å². The highest BCUT2D eigenvalue weighted by atomic mass is 19.1. The van der Waals surface area contributed by atoms with E-state index in [0.29, 0.717) is 18.4 Å². The second kappa shape index (κ2) is 7.91. The van der Waals surface area contributed by atoms with Gasteiger partial charge in [0.05, 0.1) is 0 Å². The minimum Gasteiger partial charge on any atom is -0.396 e. The predicted molar refractivity (Wildman–Crippen MR) is 82.6 cm³/mol. The van der Waals surface area contributed by atoms with E-state index in [0.717, 1.165) is 24.0 Å². The van der Waals surface area contributed by atoms with Gasteiger partial charge < -0.3 is 10.2 Å². The zero-order valence-electron chi connectivity index (χ0n) is 12.1. The highest BCUT2D eigenvalue weighted by Crippen LogP contribution is 2.23. The van der Waals surface area contributed by atoms with Crippen LogP contribution in [-0.2, 0) is 12.8 Å². The van der Waals surface area contributed by atoms with E-state index in [2.05, 4.69) is 0 Å². The molecule has 0 aliphatic rings. The fourth-order valence-electron chi connectivity index (χ4n) is 2.35. The van der Waals surface area contributed by atoms with E-state index in [4.69, 9.17) is 10.2 Å². The molecule has 0 fully saturated rings. The summed E-state index contributed by atoms with van der Waals surface area (Å²) in [5.41, 5.74) is 3.66. The molecule has 0 bridgehead atoms. The second-order valence-corrected chi connectivity index (χ2v) is 5.16. The molecule has 0 aliphatic carbocycles. The summed E-state index contributed by atoms with van der Waals surface area (Å²) in [7, 11) is 0. The zero-order chi connectivity index (χ0) is 15.1. The molecule has 3 heteroatoms. The van der Waals surface area contributed by atoms with E-state index >= 15 is 0 Å². The van der Waals surface area contributed by atoms with E-state index in [9.17, 15) is 4.39 Å². The van der Waals surface area contributed by atoms with Crippen molar-refractivity contribution in [3.63, 3.8) is 0 Å². The number of benzene rings is 2. The summed E-state index contributed by atoms with van der Waals surface area (Å²) in [6.45, 7) is 0.277. The van der Waals surface area contributed by atoms with Crippen molar-refractivity contribution in [1.82, 2.24) is 0 Å². The lowest BCUT2D eigenvalue weighted by Crippen LogP contribution is -1.94. The van der Waals surface area contributed by atoms with Gasteiger partial charge in [0.25, 0.3) is 0 Å².